The van der Waals surface area contributed by atoms with Crippen LogP contribution in [0.3, 0.4) is 0 Å². The number of rotatable bonds is 3. The number of hydrogen-bond acceptors (Lipinski definition) is 4. The van der Waals surface area contributed by atoms with Crippen molar-refractivity contribution in [3.8, 4) is 0 Å². The maximum Gasteiger partial charge on any atom is 0.255 e. The lowest BCUT2D eigenvalue weighted by molar-refractivity contribution is 0.0928. The van der Waals surface area contributed by atoms with E-state index >= 15 is 0 Å². The van der Waals surface area contributed by atoms with Crippen LogP contribution in [0.4, 0.5) is 5.82 Å². The number of carbonyl (C=O) groups is 1. The fourth-order valence-electron chi connectivity index (χ4n) is 2.21. The zero-order chi connectivity index (χ0) is 12.1. The van der Waals surface area contributed by atoms with Gasteiger partial charge in [0.1, 0.15) is 0 Å². The number of nitrogens with two attached hydrogens (primary N) is 1. The zero-order valence-corrected chi connectivity index (χ0v) is 9.78. The number of carbonyl (C=O) groups excluding carboxylic acids is 1. The van der Waals surface area contributed by atoms with Crippen LogP contribution in [0.15, 0.2) is 18.3 Å². The molecule has 0 bridgehead atoms. The minimum atomic E-state index is -0.0991. The first-order valence-corrected chi connectivity index (χ1v) is 6.04. The number of aromatic nitrogens is 1. The second-order valence-electron chi connectivity index (χ2n) is 4.35. The Morgan fingerprint density at radius 2 is 2.12 bits per heavy atom. The van der Waals surface area contributed by atoms with Gasteiger partial charge in [-0.2, -0.15) is 0 Å². The third kappa shape index (κ3) is 2.94. The lowest BCUT2D eigenvalue weighted by atomic mass is 9.95. The monoisotopic (exact) mass is 234 g/mol. The van der Waals surface area contributed by atoms with Crippen molar-refractivity contribution in [2.45, 2.75) is 38.1 Å². The highest BCUT2D eigenvalue weighted by molar-refractivity contribution is 5.98. The highest BCUT2D eigenvalue weighted by Gasteiger charge is 2.18. The first-order valence-electron chi connectivity index (χ1n) is 6.04. The molecule has 1 aromatic heterocycles. The molecule has 92 valence electrons. The Labute approximate surface area is 101 Å². The second-order valence-corrected chi connectivity index (χ2v) is 4.35. The van der Waals surface area contributed by atoms with Gasteiger partial charge in [-0.3, -0.25) is 4.79 Å². The summed E-state index contributed by atoms with van der Waals surface area (Å²) in [6, 6.07) is 3.75. The molecule has 0 saturated heterocycles. The van der Waals surface area contributed by atoms with Gasteiger partial charge in [-0.25, -0.2) is 10.8 Å². The molecule has 1 aliphatic carbocycles. The number of nitrogen functional groups attached to an aromatic ring is 1. The van der Waals surface area contributed by atoms with E-state index < -0.39 is 0 Å². The quantitative estimate of drug-likeness (QED) is 0.546. The van der Waals surface area contributed by atoms with Gasteiger partial charge in [0.2, 0.25) is 0 Å². The van der Waals surface area contributed by atoms with E-state index in [0.29, 0.717) is 17.4 Å². The lowest BCUT2D eigenvalue weighted by Gasteiger charge is -2.23. The Hall–Kier alpha value is -1.62. The molecule has 0 aromatic carbocycles. The number of hydrazine groups is 1. The van der Waals surface area contributed by atoms with Crippen LogP contribution in [0.25, 0.3) is 0 Å². The van der Waals surface area contributed by atoms with Gasteiger partial charge in [-0.1, -0.05) is 19.3 Å². The Morgan fingerprint density at radius 1 is 1.35 bits per heavy atom. The number of pyridine rings is 1. The Morgan fingerprint density at radius 3 is 2.82 bits per heavy atom. The molecule has 4 N–H and O–H groups in total. The Bertz CT molecular complexity index is 388. The van der Waals surface area contributed by atoms with E-state index in [9.17, 15) is 4.79 Å². The van der Waals surface area contributed by atoms with E-state index in [1.165, 1.54) is 19.3 Å². The standard InChI is InChI=1S/C12H18N4O/c13-16-11-10(7-4-8-14-11)12(17)15-9-5-2-1-3-6-9/h4,7-9H,1-3,5-6,13H2,(H,14,16)(H,15,17). The molecule has 0 atom stereocenters. The maximum absolute atomic E-state index is 12.0. The number of hydrogen-bond donors (Lipinski definition) is 3. The fourth-order valence-corrected chi connectivity index (χ4v) is 2.21. The first-order chi connectivity index (χ1) is 8.31. The molecule has 0 unspecified atom stereocenters. The van der Waals surface area contributed by atoms with Crippen molar-refractivity contribution < 1.29 is 4.79 Å². The molecule has 1 saturated carbocycles. The third-order valence-electron chi connectivity index (χ3n) is 3.13. The number of amides is 1. The van der Waals surface area contributed by atoms with E-state index in [0.717, 1.165) is 12.8 Å². The van der Waals surface area contributed by atoms with E-state index in [1.807, 2.05) is 0 Å². The van der Waals surface area contributed by atoms with Crippen LogP contribution >= 0.6 is 0 Å². The molecule has 1 aromatic rings. The minimum absolute atomic E-state index is 0.0991. The molecule has 5 nitrogen and oxygen atoms in total. The summed E-state index contributed by atoms with van der Waals surface area (Å²) in [5.41, 5.74) is 2.94. The van der Waals surface area contributed by atoms with Crippen molar-refractivity contribution in [1.29, 1.82) is 0 Å². The number of nitrogens with one attached hydrogen (secondary N) is 2. The van der Waals surface area contributed by atoms with Crippen LogP contribution < -0.4 is 16.6 Å². The van der Waals surface area contributed by atoms with Crippen molar-refractivity contribution in [3.63, 3.8) is 0 Å². The summed E-state index contributed by atoms with van der Waals surface area (Å²) >= 11 is 0. The molecule has 2 rings (SSSR count). The molecule has 1 fully saturated rings. The predicted octanol–water partition coefficient (Wildman–Crippen LogP) is 1.43. The molecular weight excluding hydrogens is 216 g/mol. The van der Waals surface area contributed by atoms with Crippen LogP contribution in [0.2, 0.25) is 0 Å². The van der Waals surface area contributed by atoms with Crippen LogP contribution in [-0.2, 0) is 0 Å². The van der Waals surface area contributed by atoms with Gasteiger partial charge in [0.05, 0.1) is 5.56 Å². The summed E-state index contributed by atoms with van der Waals surface area (Å²) in [5.74, 6) is 5.65. The van der Waals surface area contributed by atoms with Crippen LogP contribution in [0, 0.1) is 0 Å². The summed E-state index contributed by atoms with van der Waals surface area (Å²) in [6.45, 7) is 0. The molecule has 0 spiro atoms. The summed E-state index contributed by atoms with van der Waals surface area (Å²) in [6.07, 6.45) is 7.40. The Balaban J connectivity index is 2.03. The van der Waals surface area contributed by atoms with E-state index in [2.05, 4.69) is 15.7 Å². The SMILES string of the molecule is NNc1ncccc1C(=O)NC1CCCCC1. The normalized spacial score (nSPS) is 16.5. The van der Waals surface area contributed by atoms with Crippen LogP contribution in [0.1, 0.15) is 42.5 Å². The topological polar surface area (TPSA) is 80.0 Å². The average molecular weight is 234 g/mol. The van der Waals surface area contributed by atoms with Crippen molar-refractivity contribution in [3.05, 3.63) is 23.9 Å². The predicted molar refractivity (Wildman–Crippen MR) is 66.4 cm³/mol. The maximum atomic E-state index is 12.0. The van der Waals surface area contributed by atoms with Gasteiger partial charge in [-0.05, 0) is 25.0 Å². The van der Waals surface area contributed by atoms with Gasteiger partial charge in [0.25, 0.3) is 5.91 Å². The van der Waals surface area contributed by atoms with Gasteiger partial charge in [0, 0.05) is 12.2 Å². The second kappa shape index (κ2) is 5.63. The largest absolute Gasteiger partial charge is 0.349 e. The summed E-state index contributed by atoms with van der Waals surface area (Å²) in [7, 11) is 0. The van der Waals surface area contributed by atoms with Crippen molar-refractivity contribution >= 4 is 11.7 Å². The fraction of sp³-hybridized carbons (Fsp3) is 0.500. The molecule has 1 amide bonds. The summed E-state index contributed by atoms with van der Waals surface area (Å²) < 4.78 is 0. The van der Waals surface area contributed by atoms with E-state index in [-0.39, 0.29) is 5.91 Å². The van der Waals surface area contributed by atoms with Gasteiger partial charge < -0.3 is 10.7 Å². The van der Waals surface area contributed by atoms with Gasteiger partial charge in [-0.15, -0.1) is 0 Å². The minimum Gasteiger partial charge on any atom is -0.349 e. The molecule has 1 aliphatic rings. The molecule has 17 heavy (non-hydrogen) atoms. The third-order valence-corrected chi connectivity index (χ3v) is 3.13. The van der Waals surface area contributed by atoms with Crippen molar-refractivity contribution in [2.24, 2.45) is 5.84 Å². The first kappa shape index (κ1) is 11.9. The van der Waals surface area contributed by atoms with Crippen molar-refractivity contribution in [1.82, 2.24) is 10.3 Å². The highest BCUT2D eigenvalue weighted by atomic mass is 16.1. The van der Waals surface area contributed by atoms with Gasteiger partial charge >= 0.3 is 0 Å². The summed E-state index contributed by atoms with van der Waals surface area (Å²) in [5, 5.41) is 3.04. The van der Waals surface area contributed by atoms with E-state index in [1.54, 1.807) is 18.3 Å². The molecule has 0 radical (unpaired) electrons. The molecular formula is C12H18N4O. The van der Waals surface area contributed by atoms with Crippen LogP contribution in [-0.4, -0.2) is 16.9 Å². The zero-order valence-electron chi connectivity index (χ0n) is 9.78. The number of nitrogens with zero attached hydrogens (tertiary/aromatic N) is 1. The van der Waals surface area contributed by atoms with E-state index in [4.69, 9.17) is 5.84 Å². The van der Waals surface area contributed by atoms with Crippen molar-refractivity contribution in [2.75, 3.05) is 5.43 Å². The molecule has 1 heterocycles. The highest BCUT2D eigenvalue weighted by Crippen LogP contribution is 2.18. The van der Waals surface area contributed by atoms with Crippen LogP contribution in [0.5, 0.6) is 0 Å². The molecule has 5 heteroatoms. The number of anilines is 1. The van der Waals surface area contributed by atoms with Gasteiger partial charge in [0.15, 0.2) is 5.82 Å². The smallest absolute Gasteiger partial charge is 0.255 e. The molecule has 0 aliphatic heterocycles. The lowest BCUT2D eigenvalue weighted by Crippen LogP contribution is -2.36. The average Bonchev–Trinajstić information content (AvgIpc) is 2.40. The Kier molecular flexibility index (Phi) is 3.93. The summed E-state index contributed by atoms with van der Waals surface area (Å²) in [4.78, 5) is 16.1.